The molecule has 0 spiro atoms. The molecule has 1 aromatic rings. The maximum Gasteiger partial charge on any atom is 0.251 e. The standard InChI is InChI=1S/C17H25N3O4S/c21-17(19-15-2-1-9-18-12-15)13-3-5-16(6-4-13)25(22,23)20-14-7-10-24-11-8-14/h3-6,14-15,18,20H,1-2,7-12H2,(H,19,21)/t15-/m0/s1. The largest absolute Gasteiger partial charge is 0.381 e. The molecule has 3 rings (SSSR count). The van der Waals surface area contributed by atoms with E-state index in [9.17, 15) is 13.2 Å². The second kappa shape index (κ2) is 8.27. The summed E-state index contributed by atoms with van der Waals surface area (Å²) in [5.41, 5.74) is 0.468. The van der Waals surface area contributed by atoms with Crippen molar-refractivity contribution in [2.75, 3.05) is 26.3 Å². The van der Waals surface area contributed by atoms with Crippen LogP contribution in [-0.4, -0.2) is 52.7 Å². The number of hydrogen-bond donors (Lipinski definition) is 3. The second-order valence-electron chi connectivity index (χ2n) is 6.55. The molecule has 1 aromatic carbocycles. The third kappa shape index (κ3) is 5.01. The van der Waals surface area contributed by atoms with Gasteiger partial charge in [-0.15, -0.1) is 0 Å². The predicted octanol–water partition coefficient (Wildman–Crippen LogP) is 0.626. The Morgan fingerprint density at radius 2 is 1.80 bits per heavy atom. The lowest BCUT2D eigenvalue weighted by Crippen LogP contribution is -2.45. The molecule has 3 N–H and O–H groups in total. The number of amides is 1. The first-order chi connectivity index (χ1) is 12.0. The molecule has 2 fully saturated rings. The average Bonchev–Trinajstić information content (AvgIpc) is 2.63. The summed E-state index contributed by atoms with van der Waals surface area (Å²) in [6.07, 6.45) is 3.35. The van der Waals surface area contributed by atoms with E-state index in [0.29, 0.717) is 31.6 Å². The van der Waals surface area contributed by atoms with E-state index < -0.39 is 10.0 Å². The molecular weight excluding hydrogens is 342 g/mol. The molecule has 0 radical (unpaired) electrons. The zero-order chi connectivity index (χ0) is 17.7. The minimum atomic E-state index is -3.58. The highest BCUT2D eigenvalue weighted by atomic mass is 32.2. The normalized spacial score (nSPS) is 22.5. The van der Waals surface area contributed by atoms with E-state index in [1.54, 1.807) is 12.1 Å². The van der Waals surface area contributed by atoms with Crippen molar-refractivity contribution in [3.05, 3.63) is 29.8 Å². The summed E-state index contributed by atoms with van der Waals surface area (Å²) in [5.74, 6) is -0.171. The molecule has 2 saturated heterocycles. The molecule has 2 aliphatic heterocycles. The van der Waals surface area contributed by atoms with Gasteiger partial charge in [0, 0.05) is 37.4 Å². The second-order valence-corrected chi connectivity index (χ2v) is 8.26. The van der Waals surface area contributed by atoms with E-state index in [1.807, 2.05) is 0 Å². The number of piperidine rings is 1. The summed E-state index contributed by atoms with van der Waals surface area (Å²) in [6, 6.07) is 6.11. The van der Waals surface area contributed by atoms with Crippen molar-refractivity contribution in [1.29, 1.82) is 0 Å². The fraction of sp³-hybridized carbons (Fsp3) is 0.588. The highest BCUT2D eigenvalue weighted by Crippen LogP contribution is 2.15. The Bertz CT molecular complexity index is 678. The molecule has 1 atom stereocenters. The van der Waals surface area contributed by atoms with Gasteiger partial charge >= 0.3 is 0 Å². The number of sulfonamides is 1. The van der Waals surface area contributed by atoms with Crippen molar-refractivity contribution in [3.63, 3.8) is 0 Å². The van der Waals surface area contributed by atoms with E-state index in [2.05, 4.69) is 15.4 Å². The maximum absolute atomic E-state index is 12.4. The molecule has 0 aliphatic carbocycles. The van der Waals surface area contributed by atoms with Gasteiger partial charge < -0.3 is 15.4 Å². The number of nitrogens with one attached hydrogen (secondary N) is 3. The van der Waals surface area contributed by atoms with Gasteiger partial charge in [-0.2, -0.15) is 0 Å². The zero-order valence-corrected chi connectivity index (χ0v) is 15.0. The van der Waals surface area contributed by atoms with Gasteiger partial charge in [-0.25, -0.2) is 13.1 Å². The molecule has 0 saturated carbocycles. The Kier molecular flexibility index (Phi) is 6.06. The summed E-state index contributed by atoms with van der Waals surface area (Å²) in [4.78, 5) is 12.4. The Morgan fingerprint density at radius 1 is 1.08 bits per heavy atom. The van der Waals surface area contributed by atoms with Gasteiger partial charge in [-0.1, -0.05) is 0 Å². The third-order valence-corrected chi connectivity index (χ3v) is 6.14. The van der Waals surface area contributed by atoms with Gasteiger partial charge in [0.2, 0.25) is 10.0 Å². The lowest BCUT2D eigenvalue weighted by atomic mass is 10.1. The summed E-state index contributed by atoms with van der Waals surface area (Å²) in [7, 11) is -3.58. The molecule has 0 aromatic heterocycles. The van der Waals surface area contributed by atoms with Crippen molar-refractivity contribution in [2.24, 2.45) is 0 Å². The zero-order valence-electron chi connectivity index (χ0n) is 14.2. The number of ether oxygens (including phenoxy) is 1. The first-order valence-electron chi connectivity index (χ1n) is 8.76. The molecule has 7 nitrogen and oxygen atoms in total. The smallest absolute Gasteiger partial charge is 0.251 e. The monoisotopic (exact) mass is 367 g/mol. The van der Waals surface area contributed by atoms with Gasteiger partial charge in [0.15, 0.2) is 0 Å². The third-order valence-electron chi connectivity index (χ3n) is 4.60. The van der Waals surface area contributed by atoms with Crippen LogP contribution in [0.1, 0.15) is 36.0 Å². The SMILES string of the molecule is O=C(N[C@H]1CCCNC1)c1ccc(S(=O)(=O)NC2CCOCC2)cc1. The topological polar surface area (TPSA) is 96.5 Å². The van der Waals surface area contributed by atoms with E-state index >= 15 is 0 Å². The van der Waals surface area contributed by atoms with Crippen LogP contribution in [0.2, 0.25) is 0 Å². The number of carbonyl (C=O) groups is 1. The number of benzene rings is 1. The van der Waals surface area contributed by atoms with Crippen LogP contribution in [0, 0.1) is 0 Å². The Balaban J connectivity index is 1.61. The molecule has 2 heterocycles. The van der Waals surface area contributed by atoms with Crippen LogP contribution in [0.3, 0.4) is 0 Å². The highest BCUT2D eigenvalue weighted by molar-refractivity contribution is 7.89. The lowest BCUT2D eigenvalue weighted by molar-refractivity contribution is 0.0832. The van der Waals surface area contributed by atoms with E-state index in [0.717, 1.165) is 25.9 Å². The van der Waals surface area contributed by atoms with E-state index in [4.69, 9.17) is 4.74 Å². The van der Waals surface area contributed by atoms with Crippen LogP contribution in [0.5, 0.6) is 0 Å². The van der Waals surface area contributed by atoms with Crippen molar-refractivity contribution in [1.82, 2.24) is 15.4 Å². The van der Waals surface area contributed by atoms with Crippen molar-refractivity contribution in [2.45, 2.75) is 42.7 Å². The minimum absolute atomic E-state index is 0.0967. The fourth-order valence-corrected chi connectivity index (χ4v) is 4.44. The molecule has 2 aliphatic rings. The lowest BCUT2D eigenvalue weighted by Gasteiger charge is -2.24. The Hall–Kier alpha value is -1.48. The predicted molar refractivity (Wildman–Crippen MR) is 94.0 cm³/mol. The van der Waals surface area contributed by atoms with Crippen molar-refractivity contribution >= 4 is 15.9 Å². The molecular formula is C17H25N3O4S. The number of carbonyl (C=O) groups excluding carboxylic acids is 1. The van der Waals surface area contributed by atoms with Crippen molar-refractivity contribution < 1.29 is 17.9 Å². The summed E-state index contributed by atoms with van der Waals surface area (Å²) in [6.45, 7) is 2.90. The molecule has 0 bridgehead atoms. The summed E-state index contributed by atoms with van der Waals surface area (Å²) >= 11 is 0. The Labute approximate surface area is 148 Å². The van der Waals surface area contributed by atoms with Crippen LogP contribution < -0.4 is 15.4 Å². The van der Waals surface area contributed by atoms with Crippen LogP contribution in [0.4, 0.5) is 0 Å². The first kappa shape index (κ1) is 18.3. The fourth-order valence-electron chi connectivity index (χ4n) is 3.13. The maximum atomic E-state index is 12.4. The summed E-state index contributed by atoms with van der Waals surface area (Å²) < 4.78 is 32.8. The van der Waals surface area contributed by atoms with Crippen LogP contribution in [0.25, 0.3) is 0 Å². The Morgan fingerprint density at radius 3 is 2.44 bits per heavy atom. The molecule has 0 unspecified atom stereocenters. The van der Waals surface area contributed by atoms with E-state index in [-0.39, 0.29) is 22.9 Å². The highest BCUT2D eigenvalue weighted by Gasteiger charge is 2.22. The van der Waals surface area contributed by atoms with Gasteiger partial charge in [-0.3, -0.25) is 4.79 Å². The molecule has 8 heteroatoms. The van der Waals surface area contributed by atoms with Gasteiger partial charge in [0.25, 0.3) is 5.91 Å². The van der Waals surface area contributed by atoms with E-state index in [1.165, 1.54) is 12.1 Å². The van der Waals surface area contributed by atoms with Gasteiger partial charge in [0.1, 0.15) is 0 Å². The van der Waals surface area contributed by atoms with Gasteiger partial charge in [0.05, 0.1) is 4.90 Å². The van der Waals surface area contributed by atoms with Crippen molar-refractivity contribution in [3.8, 4) is 0 Å². The molecule has 138 valence electrons. The molecule has 25 heavy (non-hydrogen) atoms. The van der Waals surface area contributed by atoms with Crippen LogP contribution in [-0.2, 0) is 14.8 Å². The molecule has 1 amide bonds. The quantitative estimate of drug-likeness (QED) is 0.709. The van der Waals surface area contributed by atoms with Gasteiger partial charge in [-0.05, 0) is 56.5 Å². The summed E-state index contributed by atoms with van der Waals surface area (Å²) in [5, 5.41) is 6.23. The van der Waals surface area contributed by atoms with Crippen LogP contribution in [0.15, 0.2) is 29.2 Å². The first-order valence-corrected chi connectivity index (χ1v) is 10.2. The average molecular weight is 367 g/mol. The number of hydrogen-bond acceptors (Lipinski definition) is 5. The van der Waals surface area contributed by atoms with Crippen LogP contribution >= 0.6 is 0 Å². The number of rotatable bonds is 5. The minimum Gasteiger partial charge on any atom is -0.381 e.